The van der Waals surface area contributed by atoms with Crippen LogP contribution in [-0.2, 0) is 9.47 Å². The maximum atomic E-state index is 11.8. The summed E-state index contributed by atoms with van der Waals surface area (Å²) in [5, 5.41) is 0.761. The van der Waals surface area contributed by atoms with Gasteiger partial charge in [0.25, 0.3) is 0 Å². The van der Waals surface area contributed by atoms with Gasteiger partial charge < -0.3 is 9.47 Å². The van der Waals surface area contributed by atoms with E-state index in [2.05, 4.69) is 0 Å². The highest BCUT2D eigenvalue weighted by Gasteiger charge is 2.21. The van der Waals surface area contributed by atoms with Crippen LogP contribution in [0.3, 0.4) is 0 Å². The van der Waals surface area contributed by atoms with Gasteiger partial charge in [0.05, 0.1) is 5.02 Å². The Hall–Kier alpha value is -0.610. The first-order chi connectivity index (χ1) is 7.10. The fourth-order valence-corrected chi connectivity index (χ4v) is 1.51. The second kappa shape index (κ2) is 5.47. The maximum absolute atomic E-state index is 11.8. The lowest BCUT2D eigenvalue weighted by molar-refractivity contribution is -0.0742. The summed E-state index contributed by atoms with van der Waals surface area (Å²) in [5.41, 5.74) is 0.290. The molecule has 0 aliphatic carbocycles. The van der Waals surface area contributed by atoms with Crippen molar-refractivity contribution >= 4 is 29.0 Å². The van der Waals surface area contributed by atoms with Gasteiger partial charge in [-0.15, -0.1) is 0 Å². The number of Topliss-reactive ketones (excluding diaryl/α,β-unsaturated/α-hetero) is 1. The third-order valence-electron chi connectivity index (χ3n) is 1.84. The van der Waals surface area contributed by atoms with Crippen molar-refractivity contribution in [3.63, 3.8) is 0 Å². The van der Waals surface area contributed by atoms with Gasteiger partial charge in [-0.25, -0.2) is 0 Å². The summed E-state index contributed by atoms with van der Waals surface area (Å²) in [4.78, 5) is 11.8. The number of rotatable bonds is 4. The van der Waals surface area contributed by atoms with E-state index in [1.54, 1.807) is 12.1 Å². The van der Waals surface area contributed by atoms with E-state index >= 15 is 0 Å². The van der Waals surface area contributed by atoms with Crippen LogP contribution in [0.25, 0.3) is 0 Å². The Balaban J connectivity index is 3.04. The van der Waals surface area contributed by atoms with Crippen molar-refractivity contribution in [1.82, 2.24) is 0 Å². The van der Waals surface area contributed by atoms with Crippen LogP contribution in [0.1, 0.15) is 10.4 Å². The lowest BCUT2D eigenvalue weighted by Crippen LogP contribution is -2.25. The van der Waals surface area contributed by atoms with Crippen molar-refractivity contribution in [3.05, 3.63) is 33.8 Å². The van der Waals surface area contributed by atoms with Crippen molar-refractivity contribution in [2.24, 2.45) is 0 Å². The van der Waals surface area contributed by atoms with Crippen LogP contribution in [0.15, 0.2) is 18.2 Å². The Kier molecular flexibility index (Phi) is 4.54. The minimum Gasteiger partial charge on any atom is -0.349 e. The molecule has 1 aromatic carbocycles. The van der Waals surface area contributed by atoms with Crippen molar-refractivity contribution in [2.75, 3.05) is 14.2 Å². The second-order valence-corrected chi connectivity index (χ2v) is 3.64. The molecule has 0 aromatic heterocycles. The molecule has 0 atom stereocenters. The standard InChI is InChI=1S/C10H10Cl2O3/c1-14-10(15-2)9(13)7-5-6(11)3-4-8(7)12/h3-5,10H,1-2H3. The molecule has 82 valence electrons. The van der Waals surface area contributed by atoms with Gasteiger partial charge in [0.15, 0.2) is 0 Å². The number of halogens is 2. The molecule has 0 spiro atoms. The van der Waals surface area contributed by atoms with E-state index < -0.39 is 6.29 Å². The molecule has 0 saturated heterocycles. The Morgan fingerprint density at radius 3 is 2.40 bits per heavy atom. The number of methoxy groups -OCH3 is 2. The summed E-state index contributed by atoms with van der Waals surface area (Å²) in [6, 6.07) is 4.64. The minimum absolute atomic E-state index is 0.290. The SMILES string of the molecule is COC(OC)C(=O)c1cc(Cl)ccc1Cl. The molecular weight excluding hydrogens is 239 g/mol. The summed E-state index contributed by atoms with van der Waals surface area (Å²) in [7, 11) is 2.76. The number of carbonyl (C=O) groups excluding carboxylic acids is 1. The molecule has 1 aromatic rings. The van der Waals surface area contributed by atoms with E-state index in [0.717, 1.165) is 0 Å². The summed E-state index contributed by atoms with van der Waals surface area (Å²) < 4.78 is 9.67. The van der Waals surface area contributed by atoms with Crippen LogP contribution in [0, 0.1) is 0 Å². The lowest BCUT2D eigenvalue weighted by Gasteiger charge is -2.12. The Bertz CT molecular complexity index is 362. The molecule has 0 aliphatic rings. The first-order valence-electron chi connectivity index (χ1n) is 4.15. The molecule has 0 radical (unpaired) electrons. The number of benzene rings is 1. The smallest absolute Gasteiger partial charge is 0.222 e. The maximum Gasteiger partial charge on any atom is 0.222 e. The molecule has 0 fully saturated rings. The molecule has 1 rings (SSSR count). The Morgan fingerprint density at radius 1 is 1.27 bits per heavy atom. The zero-order chi connectivity index (χ0) is 11.4. The van der Waals surface area contributed by atoms with Gasteiger partial charge in [-0.3, -0.25) is 4.79 Å². The zero-order valence-electron chi connectivity index (χ0n) is 8.29. The fraction of sp³-hybridized carbons (Fsp3) is 0.300. The average Bonchev–Trinajstić information content (AvgIpc) is 2.23. The number of hydrogen-bond donors (Lipinski definition) is 0. The molecular formula is C10H10Cl2O3. The highest BCUT2D eigenvalue weighted by Crippen LogP contribution is 2.22. The number of ketones is 1. The van der Waals surface area contributed by atoms with Crippen LogP contribution >= 0.6 is 23.2 Å². The van der Waals surface area contributed by atoms with Crippen LogP contribution in [0.4, 0.5) is 0 Å². The minimum atomic E-state index is -0.957. The molecule has 3 nitrogen and oxygen atoms in total. The first kappa shape index (κ1) is 12.5. The average molecular weight is 249 g/mol. The molecule has 0 N–H and O–H groups in total. The third-order valence-corrected chi connectivity index (χ3v) is 2.40. The molecule has 0 aliphatic heterocycles. The molecule has 0 saturated carbocycles. The zero-order valence-corrected chi connectivity index (χ0v) is 9.80. The molecule has 0 heterocycles. The van der Waals surface area contributed by atoms with Crippen molar-refractivity contribution in [3.8, 4) is 0 Å². The fourth-order valence-electron chi connectivity index (χ4n) is 1.12. The van der Waals surface area contributed by atoms with Gasteiger partial charge in [0.2, 0.25) is 12.1 Å². The second-order valence-electron chi connectivity index (χ2n) is 2.79. The highest BCUT2D eigenvalue weighted by molar-refractivity contribution is 6.36. The number of carbonyl (C=O) groups is 1. The van der Waals surface area contributed by atoms with Gasteiger partial charge >= 0.3 is 0 Å². The Morgan fingerprint density at radius 2 is 1.87 bits per heavy atom. The lowest BCUT2D eigenvalue weighted by atomic mass is 10.1. The largest absolute Gasteiger partial charge is 0.349 e. The van der Waals surface area contributed by atoms with Gasteiger partial charge in [-0.05, 0) is 18.2 Å². The summed E-state index contributed by atoms with van der Waals surface area (Å²) in [6.45, 7) is 0. The predicted octanol–water partition coefficient (Wildman–Crippen LogP) is 2.80. The topological polar surface area (TPSA) is 35.5 Å². The number of ether oxygens (including phenoxy) is 2. The van der Waals surface area contributed by atoms with Crippen LogP contribution < -0.4 is 0 Å². The van der Waals surface area contributed by atoms with Crippen LogP contribution in [0.2, 0.25) is 10.0 Å². The van der Waals surface area contributed by atoms with Gasteiger partial charge in [-0.1, -0.05) is 23.2 Å². The van der Waals surface area contributed by atoms with E-state index in [-0.39, 0.29) is 11.3 Å². The van der Waals surface area contributed by atoms with E-state index in [0.29, 0.717) is 10.0 Å². The Labute approximate surface area is 97.9 Å². The molecule has 15 heavy (non-hydrogen) atoms. The van der Waals surface area contributed by atoms with Crippen molar-refractivity contribution in [1.29, 1.82) is 0 Å². The van der Waals surface area contributed by atoms with Crippen molar-refractivity contribution < 1.29 is 14.3 Å². The van der Waals surface area contributed by atoms with Gasteiger partial charge in [0, 0.05) is 24.8 Å². The predicted molar refractivity (Wildman–Crippen MR) is 58.6 cm³/mol. The highest BCUT2D eigenvalue weighted by atomic mass is 35.5. The third kappa shape index (κ3) is 2.92. The molecule has 0 unspecified atom stereocenters. The summed E-state index contributed by atoms with van der Waals surface area (Å²) in [5.74, 6) is -0.354. The van der Waals surface area contributed by atoms with Crippen LogP contribution in [0.5, 0.6) is 0 Å². The summed E-state index contributed by atoms with van der Waals surface area (Å²) in [6.07, 6.45) is -0.957. The quantitative estimate of drug-likeness (QED) is 0.608. The molecule has 0 amide bonds. The normalized spacial score (nSPS) is 10.7. The first-order valence-corrected chi connectivity index (χ1v) is 4.90. The van der Waals surface area contributed by atoms with Crippen LogP contribution in [-0.4, -0.2) is 26.3 Å². The van der Waals surface area contributed by atoms with E-state index in [1.165, 1.54) is 20.3 Å². The monoisotopic (exact) mass is 248 g/mol. The van der Waals surface area contributed by atoms with E-state index in [4.69, 9.17) is 32.7 Å². The summed E-state index contributed by atoms with van der Waals surface area (Å²) >= 11 is 11.6. The molecule has 5 heteroatoms. The molecule has 0 bridgehead atoms. The van der Waals surface area contributed by atoms with Gasteiger partial charge in [-0.2, -0.15) is 0 Å². The van der Waals surface area contributed by atoms with Crippen molar-refractivity contribution in [2.45, 2.75) is 6.29 Å². The van der Waals surface area contributed by atoms with E-state index in [1.807, 2.05) is 0 Å². The van der Waals surface area contributed by atoms with Gasteiger partial charge in [0.1, 0.15) is 0 Å². The van der Waals surface area contributed by atoms with E-state index in [9.17, 15) is 4.79 Å². The number of hydrogen-bond acceptors (Lipinski definition) is 3.